The van der Waals surface area contributed by atoms with E-state index in [0.29, 0.717) is 29.3 Å². The summed E-state index contributed by atoms with van der Waals surface area (Å²) in [6, 6.07) is 14.8. The number of benzene rings is 2. The fourth-order valence-corrected chi connectivity index (χ4v) is 3.02. The minimum atomic E-state index is -4.42. The summed E-state index contributed by atoms with van der Waals surface area (Å²) in [5, 5.41) is 0. The van der Waals surface area contributed by atoms with E-state index in [0.717, 1.165) is 17.8 Å². The van der Waals surface area contributed by atoms with Crippen LogP contribution in [0.5, 0.6) is 0 Å². The zero-order chi connectivity index (χ0) is 19.7. The lowest BCUT2D eigenvalue weighted by Gasteiger charge is -2.21. The quantitative estimate of drug-likeness (QED) is 0.498. The van der Waals surface area contributed by atoms with Crippen LogP contribution in [0.3, 0.4) is 0 Å². The van der Waals surface area contributed by atoms with E-state index < -0.39 is 11.7 Å². The standard InChI is InChI=1S/C20H16F3N5/c1-2-27(15-6-4-3-5-7-15)19-24-11-10-18(26-19)28-13-25-16-9-8-14(12-17(16)28)20(21,22)23/h3-13H,2H2,1H3. The second-order valence-electron chi connectivity index (χ2n) is 6.11. The first-order chi connectivity index (χ1) is 13.5. The molecule has 2 aromatic heterocycles. The fourth-order valence-electron chi connectivity index (χ4n) is 3.02. The molecule has 0 saturated carbocycles. The van der Waals surface area contributed by atoms with Gasteiger partial charge in [-0.15, -0.1) is 0 Å². The average molecular weight is 383 g/mol. The molecule has 0 N–H and O–H groups in total. The van der Waals surface area contributed by atoms with Gasteiger partial charge in [0.25, 0.3) is 0 Å². The first-order valence-electron chi connectivity index (χ1n) is 8.67. The van der Waals surface area contributed by atoms with Gasteiger partial charge < -0.3 is 4.90 Å². The molecule has 4 rings (SSSR count). The lowest BCUT2D eigenvalue weighted by atomic mass is 10.2. The lowest BCUT2D eigenvalue weighted by Crippen LogP contribution is -2.19. The molecule has 0 bridgehead atoms. The van der Waals surface area contributed by atoms with Gasteiger partial charge in [0.15, 0.2) is 0 Å². The molecule has 0 amide bonds. The Kier molecular flexibility index (Phi) is 4.46. The van der Waals surface area contributed by atoms with E-state index in [1.807, 2.05) is 42.2 Å². The third kappa shape index (κ3) is 3.28. The topological polar surface area (TPSA) is 46.8 Å². The van der Waals surface area contributed by atoms with E-state index in [-0.39, 0.29) is 0 Å². The number of rotatable bonds is 4. The first-order valence-corrected chi connectivity index (χ1v) is 8.67. The van der Waals surface area contributed by atoms with Crippen molar-refractivity contribution in [3.8, 4) is 5.82 Å². The summed E-state index contributed by atoms with van der Waals surface area (Å²) in [6.45, 7) is 2.61. The number of para-hydroxylation sites is 1. The molecule has 0 fully saturated rings. The van der Waals surface area contributed by atoms with E-state index in [9.17, 15) is 13.2 Å². The second kappa shape index (κ2) is 6.95. The number of anilines is 2. The Morgan fingerprint density at radius 2 is 1.79 bits per heavy atom. The summed E-state index contributed by atoms with van der Waals surface area (Å²) < 4.78 is 40.8. The van der Waals surface area contributed by atoms with Crippen LogP contribution >= 0.6 is 0 Å². The SMILES string of the molecule is CCN(c1ccccc1)c1nccc(-n2cnc3ccc(C(F)(F)F)cc32)n1. The van der Waals surface area contributed by atoms with Crippen LogP contribution in [0.1, 0.15) is 12.5 Å². The molecular formula is C20H16F3N5. The zero-order valence-corrected chi connectivity index (χ0v) is 14.9. The Morgan fingerprint density at radius 1 is 1.00 bits per heavy atom. The molecule has 4 aromatic rings. The van der Waals surface area contributed by atoms with Gasteiger partial charge in [-0.05, 0) is 43.3 Å². The third-order valence-corrected chi connectivity index (χ3v) is 4.38. The van der Waals surface area contributed by atoms with Gasteiger partial charge >= 0.3 is 6.18 Å². The molecule has 0 aliphatic rings. The minimum Gasteiger partial charge on any atom is -0.311 e. The summed E-state index contributed by atoms with van der Waals surface area (Å²) in [4.78, 5) is 15.0. The van der Waals surface area contributed by atoms with Crippen molar-refractivity contribution in [3.63, 3.8) is 0 Å². The van der Waals surface area contributed by atoms with Crippen LogP contribution in [0.25, 0.3) is 16.9 Å². The van der Waals surface area contributed by atoms with Crippen LogP contribution in [0.15, 0.2) is 67.1 Å². The van der Waals surface area contributed by atoms with Crippen molar-refractivity contribution in [1.82, 2.24) is 19.5 Å². The molecule has 2 heterocycles. The van der Waals surface area contributed by atoms with Crippen molar-refractivity contribution in [2.75, 3.05) is 11.4 Å². The number of hydrogen-bond acceptors (Lipinski definition) is 4. The first kappa shape index (κ1) is 18.0. The molecule has 0 atom stereocenters. The van der Waals surface area contributed by atoms with Gasteiger partial charge in [-0.3, -0.25) is 4.57 Å². The van der Waals surface area contributed by atoms with Crippen LogP contribution in [0.4, 0.5) is 24.8 Å². The van der Waals surface area contributed by atoms with Gasteiger partial charge in [0.05, 0.1) is 16.6 Å². The number of imidazole rings is 1. The summed E-state index contributed by atoms with van der Waals surface area (Å²) >= 11 is 0. The van der Waals surface area contributed by atoms with Gasteiger partial charge in [0.2, 0.25) is 5.95 Å². The molecule has 8 heteroatoms. The monoisotopic (exact) mass is 383 g/mol. The van der Waals surface area contributed by atoms with Crippen LogP contribution < -0.4 is 4.90 Å². The minimum absolute atomic E-state index is 0.335. The number of fused-ring (bicyclic) bond motifs is 1. The highest BCUT2D eigenvalue weighted by Crippen LogP contribution is 2.32. The van der Waals surface area contributed by atoms with Crippen LogP contribution in [0, 0.1) is 0 Å². The summed E-state index contributed by atoms with van der Waals surface area (Å²) in [5.41, 5.74) is 0.998. The second-order valence-corrected chi connectivity index (χ2v) is 6.11. The van der Waals surface area contributed by atoms with Crippen molar-refractivity contribution >= 4 is 22.7 Å². The van der Waals surface area contributed by atoms with Crippen molar-refractivity contribution in [1.29, 1.82) is 0 Å². The Bertz CT molecular complexity index is 1110. The molecule has 0 radical (unpaired) electrons. The number of hydrogen-bond donors (Lipinski definition) is 0. The molecule has 28 heavy (non-hydrogen) atoms. The largest absolute Gasteiger partial charge is 0.416 e. The van der Waals surface area contributed by atoms with E-state index in [1.165, 1.54) is 17.0 Å². The summed E-state index contributed by atoms with van der Waals surface area (Å²) in [5.74, 6) is 0.904. The zero-order valence-electron chi connectivity index (χ0n) is 14.9. The molecule has 0 unspecified atom stereocenters. The van der Waals surface area contributed by atoms with E-state index in [4.69, 9.17) is 0 Å². The Balaban J connectivity index is 1.79. The molecule has 5 nitrogen and oxygen atoms in total. The highest BCUT2D eigenvalue weighted by molar-refractivity contribution is 5.78. The smallest absolute Gasteiger partial charge is 0.311 e. The Hall–Kier alpha value is -3.42. The fraction of sp³-hybridized carbons (Fsp3) is 0.150. The normalized spacial score (nSPS) is 11.7. The Morgan fingerprint density at radius 3 is 2.50 bits per heavy atom. The van der Waals surface area contributed by atoms with Crippen molar-refractivity contribution < 1.29 is 13.2 Å². The maximum atomic E-state index is 13.1. The van der Waals surface area contributed by atoms with Crippen LogP contribution in [-0.4, -0.2) is 26.1 Å². The predicted molar refractivity (Wildman–Crippen MR) is 101 cm³/mol. The molecule has 0 aliphatic carbocycles. The van der Waals surface area contributed by atoms with Gasteiger partial charge in [0, 0.05) is 18.4 Å². The number of nitrogens with zero attached hydrogens (tertiary/aromatic N) is 5. The van der Waals surface area contributed by atoms with Crippen molar-refractivity contribution in [2.24, 2.45) is 0 Å². The van der Waals surface area contributed by atoms with Crippen molar-refractivity contribution in [3.05, 3.63) is 72.7 Å². The highest BCUT2D eigenvalue weighted by Gasteiger charge is 2.31. The molecule has 2 aromatic carbocycles. The summed E-state index contributed by atoms with van der Waals surface area (Å²) in [6.07, 6.45) is -1.37. The van der Waals surface area contributed by atoms with Gasteiger partial charge in [-0.25, -0.2) is 9.97 Å². The van der Waals surface area contributed by atoms with Crippen LogP contribution in [0.2, 0.25) is 0 Å². The maximum Gasteiger partial charge on any atom is 0.416 e. The van der Waals surface area contributed by atoms with Crippen molar-refractivity contribution in [2.45, 2.75) is 13.1 Å². The maximum absolute atomic E-state index is 13.1. The summed E-state index contributed by atoms with van der Waals surface area (Å²) in [7, 11) is 0. The predicted octanol–water partition coefficient (Wildman–Crippen LogP) is 4.99. The number of alkyl halides is 3. The Labute approximate surface area is 159 Å². The number of halogens is 3. The van der Waals surface area contributed by atoms with Gasteiger partial charge in [-0.2, -0.15) is 18.2 Å². The molecule has 142 valence electrons. The van der Waals surface area contributed by atoms with E-state index in [1.54, 1.807) is 12.3 Å². The van der Waals surface area contributed by atoms with Crippen LogP contribution in [-0.2, 0) is 6.18 Å². The molecular weight excluding hydrogens is 367 g/mol. The van der Waals surface area contributed by atoms with E-state index >= 15 is 0 Å². The van der Waals surface area contributed by atoms with E-state index in [2.05, 4.69) is 15.0 Å². The third-order valence-electron chi connectivity index (χ3n) is 4.38. The lowest BCUT2D eigenvalue weighted by molar-refractivity contribution is -0.137. The number of aromatic nitrogens is 4. The highest BCUT2D eigenvalue weighted by atomic mass is 19.4. The van der Waals surface area contributed by atoms with Gasteiger partial charge in [0.1, 0.15) is 12.1 Å². The molecule has 0 spiro atoms. The average Bonchev–Trinajstić information content (AvgIpc) is 3.12. The molecule has 0 saturated heterocycles. The molecule has 0 aliphatic heterocycles. The van der Waals surface area contributed by atoms with Gasteiger partial charge in [-0.1, -0.05) is 18.2 Å².